The Hall–Kier alpha value is -2.08. The summed E-state index contributed by atoms with van der Waals surface area (Å²) in [6, 6.07) is 10.4. The SMILES string of the molecule is CN(C)C(=O)C1CCN(C(=O)NCC2(c3ccccc3)CCOCC2)CC1. The van der Waals surface area contributed by atoms with E-state index in [1.54, 1.807) is 19.0 Å². The molecule has 0 spiro atoms. The number of nitrogens with one attached hydrogen (secondary N) is 1. The summed E-state index contributed by atoms with van der Waals surface area (Å²) in [4.78, 5) is 28.3. The lowest BCUT2D eigenvalue weighted by Gasteiger charge is -2.39. The zero-order valence-corrected chi connectivity index (χ0v) is 16.4. The molecular formula is C21H31N3O3. The Morgan fingerprint density at radius 1 is 1.15 bits per heavy atom. The highest BCUT2D eigenvalue weighted by molar-refractivity contribution is 5.79. The molecule has 2 saturated heterocycles. The predicted octanol–water partition coefficient (Wildman–Crippen LogP) is 2.24. The van der Waals surface area contributed by atoms with Crippen molar-refractivity contribution in [3.8, 4) is 0 Å². The van der Waals surface area contributed by atoms with Crippen LogP contribution in [0.3, 0.4) is 0 Å². The van der Waals surface area contributed by atoms with Crippen molar-refractivity contribution in [3.05, 3.63) is 35.9 Å². The fraction of sp³-hybridized carbons (Fsp3) is 0.619. The average molecular weight is 373 g/mol. The smallest absolute Gasteiger partial charge is 0.317 e. The van der Waals surface area contributed by atoms with Gasteiger partial charge in [0.2, 0.25) is 5.91 Å². The highest BCUT2D eigenvalue weighted by Gasteiger charge is 2.35. The maximum absolute atomic E-state index is 12.7. The van der Waals surface area contributed by atoms with Crippen molar-refractivity contribution in [3.63, 3.8) is 0 Å². The Labute approximate surface area is 161 Å². The number of carbonyl (C=O) groups is 2. The van der Waals surface area contributed by atoms with E-state index in [0.717, 1.165) is 38.9 Å². The monoisotopic (exact) mass is 373 g/mol. The Kier molecular flexibility index (Phi) is 6.37. The Morgan fingerprint density at radius 2 is 1.78 bits per heavy atom. The summed E-state index contributed by atoms with van der Waals surface area (Å²) in [5.41, 5.74) is 1.21. The number of ether oxygens (including phenoxy) is 1. The molecule has 2 aliphatic heterocycles. The van der Waals surface area contributed by atoms with Gasteiger partial charge in [0, 0.05) is 58.3 Å². The third-order valence-corrected chi connectivity index (χ3v) is 5.99. The van der Waals surface area contributed by atoms with Gasteiger partial charge in [0.05, 0.1) is 0 Å². The summed E-state index contributed by atoms with van der Waals surface area (Å²) in [5.74, 6) is 0.204. The molecule has 1 aromatic carbocycles. The fourth-order valence-corrected chi connectivity index (χ4v) is 4.17. The van der Waals surface area contributed by atoms with E-state index >= 15 is 0 Å². The van der Waals surface area contributed by atoms with Gasteiger partial charge in [-0.2, -0.15) is 0 Å². The van der Waals surface area contributed by atoms with Gasteiger partial charge in [-0.15, -0.1) is 0 Å². The summed E-state index contributed by atoms with van der Waals surface area (Å²) in [6.45, 7) is 3.34. The standard InChI is InChI=1S/C21H31N3O3/c1-23(2)19(25)17-8-12-24(13-9-17)20(26)22-16-21(10-14-27-15-11-21)18-6-4-3-5-7-18/h3-7,17H,8-16H2,1-2H3,(H,22,26). The lowest BCUT2D eigenvalue weighted by Crippen LogP contribution is -2.51. The molecule has 2 fully saturated rings. The first kappa shape index (κ1) is 19.7. The minimum Gasteiger partial charge on any atom is -0.381 e. The number of piperidine rings is 1. The normalized spacial score (nSPS) is 20.1. The molecule has 148 valence electrons. The topological polar surface area (TPSA) is 61.9 Å². The minimum absolute atomic E-state index is 0.0208. The second-order valence-electron chi connectivity index (χ2n) is 7.91. The largest absolute Gasteiger partial charge is 0.381 e. The number of hydrogen-bond donors (Lipinski definition) is 1. The summed E-state index contributed by atoms with van der Waals surface area (Å²) >= 11 is 0. The quantitative estimate of drug-likeness (QED) is 0.881. The van der Waals surface area contributed by atoms with Crippen molar-refractivity contribution in [2.75, 3.05) is 46.9 Å². The molecule has 0 unspecified atom stereocenters. The van der Waals surface area contributed by atoms with Gasteiger partial charge >= 0.3 is 6.03 Å². The molecule has 2 heterocycles. The van der Waals surface area contributed by atoms with Gasteiger partial charge in [-0.3, -0.25) is 4.79 Å². The van der Waals surface area contributed by atoms with Crippen LogP contribution >= 0.6 is 0 Å². The molecule has 1 N–H and O–H groups in total. The average Bonchev–Trinajstić information content (AvgIpc) is 2.73. The lowest BCUT2D eigenvalue weighted by atomic mass is 9.74. The van der Waals surface area contributed by atoms with Crippen LogP contribution in [0.5, 0.6) is 0 Å². The Morgan fingerprint density at radius 3 is 2.37 bits per heavy atom. The highest BCUT2D eigenvalue weighted by Crippen LogP contribution is 2.34. The van der Waals surface area contributed by atoms with Gasteiger partial charge in [-0.25, -0.2) is 4.79 Å². The van der Waals surface area contributed by atoms with E-state index in [0.29, 0.717) is 19.6 Å². The van der Waals surface area contributed by atoms with Gasteiger partial charge in [0.25, 0.3) is 0 Å². The van der Waals surface area contributed by atoms with Crippen LogP contribution in [0.2, 0.25) is 0 Å². The first-order valence-corrected chi connectivity index (χ1v) is 9.89. The fourth-order valence-electron chi connectivity index (χ4n) is 4.17. The molecule has 0 aliphatic carbocycles. The van der Waals surface area contributed by atoms with Gasteiger partial charge < -0.3 is 19.9 Å². The Balaban J connectivity index is 1.57. The summed E-state index contributed by atoms with van der Waals surface area (Å²) in [7, 11) is 3.58. The number of rotatable bonds is 4. The Bertz CT molecular complexity index is 633. The molecule has 3 rings (SSSR count). The van der Waals surface area contributed by atoms with Crippen LogP contribution in [-0.4, -0.2) is 68.7 Å². The second kappa shape index (κ2) is 8.74. The van der Waals surface area contributed by atoms with E-state index in [-0.39, 0.29) is 23.3 Å². The first-order chi connectivity index (χ1) is 13.0. The number of carbonyl (C=O) groups excluding carboxylic acids is 2. The van der Waals surface area contributed by atoms with Crippen molar-refractivity contribution in [1.29, 1.82) is 0 Å². The molecular weight excluding hydrogens is 342 g/mol. The summed E-state index contributed by atoms with van der Waals surface area (Å²) in [6.07, 6.45) is 3.30. The van der Waals surface area contributed by atoms with Crippen LogP contribution in [-0.2, 0) is 14.9 Å². The minimum atomic E-state index is -0.0611. The van der Waals surface area contributed by atoms with Crippen LogP contribution in [0.1, 0.15) is 31.2 Å². The third-order valence-electron chi connectivity index (χ3n) is 5.99. The molecule has 1 aromatic rings. The molecule has 0 saturated carbocycles. The van der Waals surface area contributed by atoms with E-state index < -0.39 is 0 Å². The molecule has 0 atom stereocenters. The summed E-state index contributed by atoms with van der Waals surface area (Å²) < 4.78 is 5.56. The zero-order chi connectivity index (χ0) is 19.3. The van der Waals surface area contributed by atoms with E-state index in [1.165, 1.54) is 5.56 Å². The maximum atomic E-state index is 12.7. The van der Waals surface area contributed by atoms with Crippen molar-refractivity contribution in [1.82, 2.24) is 15.1 Å². The molecule has 6 heteroatoms. The molecule has 2 aliphatic rings. The molecule has 0 radical (unpaired) electrons. The van der Waals surface area contributed by atoms with Crippen LogP contribution in [0.15, 0.2) is 30.3 Å². The molecule has 0 bridgehead atoms. The van der Waals surface area contributed by atoms with Gasteiger partial charge in [-0.05, 0) is 31.2 Å². The van der Waals surface area contributed by atoms with E-state index in [1.807, 2.05) is 11.0 Å². The van der Waals surface area contributed by atoms with E-state index in [2.05, 4.69) is 29.6 Å². The predicted molar refractivity (Wildman–Crippen MR) is 105 cm³/mol. The van der Waals surface area contributed by atoms with Crippen molar-refractivity contribution < 1.29 is 14.3 Å². The van der Waals surface area contributed by atoms with E-state index in [4.69, 9.17) is 4.74 Å². The van der Waals surface area contributed by atoms with Gasteiger partial charge in [0.1, 0.15) is 0 Å². The van der Waals surface area contributed by atoms with Crippen LogP contribution in [0, 0.1) is 5.92 Å². The van der Waals surface area contributed by atoms with E-state index in [9.17, 15) is 9.59 Å². The number of amides is 3. The van der Waals surface area contributed by atoms with Crippen LogP contribution < -0.4 is 5.32 Å². The van der Waals surface area contributed by atoms with Gasteiger partial charge in [-0.1, -0.05) is 30.3 Å². The summed E-state index contributed by atoms with van der Waals surface area (Å²) in [5, 5.41) is 3.16. The third kappa shape index (κ3) is 4.61. The molecule has 3 amide bonds. The van der Waals surface area contributed by atoms with Crippen LogP contribution in [0.25, 0.3) is 0 Å². The lowest BCUT2D eigenvalue weighted by molar-refractivity contribution is -0.134. The van der Waals surface area contributed by atoms with Crippen molar-refractivity contribution in [2.45, 2.75) is 31.1 Å². The number of urea groups is 1. The van der Waals surface area contributed by atoms with Crippen LogP contribution in [0.4, 0.5) is 4.79 Å². The van der Waals surface area contributed by atoms with Crippen molar-refractivity contribution in [2.24, 2.45) is 5.92 Å². The number of benzene rings is 1. The number of nitrogens with zero attached hydrogens (tertiary/aromatic N) is 2. The second-order valence-corrected chi connectivity index (χ2v) is 7.91. The molecule has 6 nitrogen and oxygen atoms in total. The van der Waals surface area contributed by atoms with Gasteiger partial charge in [0.15, 0.2) is 0 Å². The maximum Gasteiger partial charge on any atom is 0.317 e. The first-order valence-electron chi connectivity index (χ1n) is 9.89. The van der Waals surface area contributed by atoms with Crippen molar-refractivity contribution >= 4 is 11.9 Å². The molecule has 27 heavy (non-hydrogen) atoms. The zero-order valence-electron chi connectivity index (χ0n) is 16.4. The molecule has 0 aromatic heterocycles. The highest BCUT2D eigenvalue weighted by atomic mass is 16.5. The number of hydrogen-bond acceptors (Lipinski definition) is 3. The number of likely N-dealkylation sites (tertiary alicyclic amines) is 1.